The van der Waals surface area contributed by atoms with E-state index in [0.29, 0.717) is 36.4 Å². The second kappa shape index (κ2) is 12.7. The van der Waals surface area contributed by atoms with Crippen LogP contribution in [-0.2, 0) is 19.1 Å². The van der Waals surface area contributed by atoms with E-state index in [4.69, 9.17) is 9.47 Å². The minimum absolute atomic E-state index is 0.222. The van der Waals surface area contributed by atoms with Crippen LogP contribution < -0.4 is 9.64 Å². The molecule has 2 unspecified atom stereocenters. The molecular formula is C37H47N3O6. The summed E-state index contributed by atoms with van der Waals surface area (Å²) in [6.07, 6.45) is 4.26. The highest BCUT2D eigenvalue weighted by Crippen LogP contribution is 2.64. The molecule has 2 aromatic carbocycles. The summed E-state index contributed by atoms with van der Waals surface area (Å²) in [5.41, 5.74) is -1.48. The van der Waals surface area contributed by atoms with E-state index in [9.17, 15) is 19.5 Å². The fourth-order valence-electron chi connectivity index (χ4n) is 7.86. The monoisotopic (exact) mass is 629 g/mol. The second-order valence-corrected chi connectivity index (χ2v) is 13.7. The van der Waals surface area contributed by atoms with Crippen molar-refractivity contribution in [2.24, 2.45) is 11.8 Å². The number of hydrogen-bond acceptors (Lipinski definition) is 6. The van der Waals surface area contributed by atoms with Crippen LogP contribution in [0.3, 0.4) is 0 Å². The maximum absolute atomic E-state index is 14.9. The second-order valence-electron chi connectivity index (χ2n) is 13.7. The van der Waals surface area contributed by atoms with E-state index in [-0.39, 0.29) is 30.8 Å². The molecule has 9 nitrogen and oxygen atoms in total. The minimum Gasteiger partial charge on any atom is -0.494 e. The van der Waals surface area contributed by atoms with Crippen LogP contribution in [0.1, 0.15) is 59.1 Å². The Balaban J connectivity index is 1.64. The highest BCUT2D eigenvalue weighted by molar-refractivity contribution is 6.03. The molecule has 6 atom stereocenters. The van der Waals surface area contributed by atoms with Crippen molar-refractivity contribution in [1.82, 2.24) is 9.80 Å². The van der Waals surface area contributed by atoms with E-state index in [0.717, 1.165) is 0 Å². The van der Waals surface area contributed by atoms with Gasteiger partial charge in [0, 0.05) is 24.3 Å². The van der Waals surface area contributed by atoms with E-state index in [1.807, 2.05) is 89.2 Å². The van der Waals surface area contributed by atoms with Crippen LogP contribution >= 0.6 is 0 Å². The Bertz CT molecular complexity index is 1470. The number of aliphatic hydroxyl groups excluding tert-OH is 1. The van der Waals surface area contributed by atoms with Crippen molar-refractivity contribution in [2.75, 3.05) is 31.2 Å². The molecule has 3 amide bonds. The summed E-state index contributed by atoms with van der Waals surface area (Å²) < 4.78 is 12.5. The largest absolute Gasteiger partial charge is 0.494 e. The molecule has 0 radical (unpaired) electrons. The van der Waals surface area contributed by atoms with Crippen LogP contribution in [0.4, 0.5) is 5.69 Å². The zero-order chi connectivity index (χ0) is 33.4. The lowest BCUT2D eigenvalue weighted by molar-refractivity contribution is -0.158. The number of aliphatic hydroxyl groups is 1. The quantitative estimate of drug-likeness (QED) is 0.335. The number of ether oxygens (including phenoxy) is 2. The van der Waals surface area contributed by atoms with Crippen molar-refractivity contribution >= 4 is 23.4 Å². The van der Waals surface area contributed by atoms with Crippen molar-refractivity contribution < 1.29 is 29.0 Å². The van der Waals surface area contributed by atoms with Gasteiger partial charge in [0.15, 0.2) is 0 Å². The molecule has 246 valence electrons. The number of anilines is 1. The summed E-state index contributed by atoms with van der Waals surface area (Å²) >= 11 is 0. The van der Waals surface area contributed by atoms with E-state index in [1.165, 1.54) is 4.90 Å². The van der Waals surface area contributed by atoms with Gasteiger partial charge in [-0.25, -0.2) is 0 Å². The molecule has 0 saturated carbocycles. The summed E-state index contributed by atoms with van der Waals surface area (Å²) in [6.45, 7) is 18.0. The van der Waals surface area contributed by atoms with Gasteiger partial charge in [0.2, 0.25) is 17.7 Å². The Labute approximate surface area is 272 Å². The first-order valence-corrected chi connectivity index (χ1v) is 16.1. The number of rotatable bonds is 12. The van der Waals surface area contributed by atoms with Crippen LogP contribution in [0.25, 0.3) is 0 Å². The maximum atomic E-state index is 14.9. The van der Waals surface area contributed by atoms with Crippen LogP contribution in [-0.4, -0.2) is 81.7 Å². The summed E-state index contributed by atoms with van der Waals surface area (Å²) in [7, 11) is 0. The molecule has 9 heteroatoms. The number of amides is 3. The van der Waals surface area contributed by atoms with E-state index < -0.39 is 47.3 Å². The molecule has 1 spiro atoms. The fourth-order valence-corrected chi connectivity index (χ4v) is 7.86. The van der Waals surface area contributed by atoms with Crippen molar-refractivity contribution in [1.29, 1.82) is 0 Å². The highest BCUT2D eigenvalue weighted by atomic mass is 16.5. The number of carbonyl (C=O) groups is 3. The maximum Gasteiger partial charge on any atom is 0.249 e. The Morgan fingerprint density at radius 1 is 1.07 bits per heavy atom. The normalized spacial score (nSPS) is 27.2. The van der Waals surface area contributed by atoms with Gasteiger partial charge in [-0.2, -0.15) is 0 Å². The fraction of sp³-hybridized carbons (Fsp3) is 0.486. The van der Waals surface area contributed by atoms with Gasteiger partial charge in [-0.05, 0) is 77.3 Å². The number of nitrogens with zero attached hydrogens (tertiary/aromatic N) is 3. The van der Waals surface area contributed by atoms with Crippen molar-refractivity contribution in [3.63, 3.8) is 0 Å². The van der Waals surface area contributed by atoms with E-state index >= 15 is 0 Å². The van der Waals surface area contributed by atoms with Gasteiger partial charge in [-0.15, -0.1) is 13.2 Å². The first-order chi connectivity index (χ1) is 21.9. The summed E-state index contributed by atoms with van der Waals surface area (Å²) in [4.78, 5) is 49.4. The van der Waals surface area contributed by atoms with Crippen LogP contribution in [0.15, 0.2) is 79.9 Å². The molecule has 0 aromatic heterocycles. The molecule has 2 aromatic rings. The standard InChI is InChI=1S/C37H47N3O6/c1-8-22-38(26-16-18-27(19-17-26)45-10-3)32(42)29-30-33(43)40(28(24-41)25-14-12-11-13-15-25)31(37(30)21-20-36(29,7)46-37)34(44)39(23-9-2)35(4,5)6/h8-9,11-19,28-31,41H,1-2,10,20-24H2,3-7H3/t28-,29-,30+,31?,36+,37?/m1/s1. The number of fused-ring (bicyclic) bond motifs is 1. The molecule has 5 rings (SSSR count). The average Bonchev–Trinajstić information content (AvgIpc) is 3.60. The third-order valence-corrected chi connectivity index (χ3v) is 9.83. The number of carbonyl (C=O) groups excluding carboxylic acids is 3. The van der Waals surface area contributed by atoms with E-state index in [1.54, 1.807) is 22.0 Å². The molecule has 3 saturated heterocycles. The number of benzene rings is 2. The van der Waals surface area contributed by atoms with Gasteiger partial charge < -0.3 is 29.3 Å². The Hall–Kier alpha value is -3.95. The van der Waals surface area contributed by atoms with Gasteiger partial charge in [-0.3, -0.25) is 14.4 Å². The van der Waals surface area contributed by atoms with Gasteiger partial charge in [0.25, 0.3) is 0 Å². The third kappa shape index (κ3) is 5.43. The van der Waals surface area contributed by atoms with Crippen molar-refractivity contribution in [3.05, 3.63) is 85.5 Å². The van der Waals surface area contributed by atoms with Gasteiger partial charge in [-0.1, -0.05) is 42.5 Å². The zero-order valence-corrected chi connectivity index (χ0v) is 27.6. The topological polar surface area (TPSA) is 99.6 Å². The molecule has 46 heavy (non-hydrogen) atoms. The van der Waals surface area contributed by atoms with Crippen LogP contribution in [0.5, 0.6) is 5.75 Å². The first-order valence-electron chi connectivity index (χ1n) is 16.1. The minimum atomic E-state index is -1.26. The molecule has 2 bridgehead atoms. The third-order valence-electron chi connectivity index (χ3n) is 9.83. The number of hydrogen-bond donors (Lipinski definition) is 1. The lowest BCUT2D eigenvalue weighted by atomic mass is 9.66. The average molecular weight is 630 g/mol. The van der Waals surface area contributed by atoms with Crippen molar-refractivity contribution in [3.8, 4) is 5.75 Å². The Morgan fingerprint density at radius 3 is 2.28 bits per heavy atom. The summed E-state index contributed by atoms with van der Waals surface area (Å²) in [6, 6.07) is 14.6. The molecular weight excluding hydrogens is 582 g/mol. The molecule has 3 heterocycles. The Kier molecular flexibility index (Phi) is 9.21. The van der Waals surface area contributed by atoms with Crippen molar-refractivity contribution in [2.45, 2.75) is 76.3 Å². The number of likely N-dealkylation sites (tertiary alicyclic amines) is 1. The van der Waals surface area contributed by atoms with Crippen LogP contribution in [0, 0.1) is 11.8 Å². The highest BCUT2D eigenvalue weighted by Gasteiger charge is 2.79. The molecule has 3 aliphatic rings. The van der Waals surface area contributed by atoms with Gasteiger partial charge in [0.1, 0.15) is 17.4 Å². The SMILES string of the molecule is C=CCN(C(=O)[C@H]1[C@H]2C(=O)N([C@H](CO)c3ccccc3)C(C(=O)N(CC=C)C(C)(C)C)C23CC[C@]1(C)O3)c1ccc(OCC)cc1. The lowest BCUT2D eigenvalue weighted by Gasteiger charge is -2.43. The predicted molar refractivity (Wildman–Crippen MR) is 177 cm³/mol. The van der Waals surface area contributed by atoms with E-state index in [2.05, 4.69) is 13.2 Å². The van der Waals surface area contributed by atoms with Gasteiger partial charge in [0.05, 0.1) is 36.7 Å². The molecule has 3 fully saturated rings. The predicted octanol–water partition coefficient (Wildman–Crippen LogP) is 4.92. The van der Waals surface area contributed by atoms with Gasteiger partial charge >= 0.3 is 0 Å². The molecule has 3 aliphatic heterocycles. The Morgan fingerprint density at radius 2 is 1.72 bits per heavy atom. The smallest absolute Gasteiger partial charge is 0.249 e. The summed E-state index contributed by atoms with van der Waals surface area (Å²) in [5.74, 6) is -2.01. The molecule has 0 aliphatic carbocycles. The lowest BCUT2D eigenvalue weighted by Crippen LogP contribution is -2.60. The zero-order valence-electron chi connectivity index (χ0n) is 27.6. The summed E-state index contributed by atoms with van der Waals surface area (Å²) in [5, 5.41) is 10.8. The molecule has 1 N–H and O–H groups in total. The first kappa shape index (κ1) is 33.4. The van der Waals surface area contributed by atoms with Crippen LogP contribution in [0.2, 0.25) is 0 Å².